The van der Waals surface area contributed by atoms with Crippen molar-refractivity contribution >= 4 is 5.97 Å². The van der Waals surface area contributed by atoms with E-state index < -0.39 is 0 Å². The van der Waals surface area contributed by atoms with E-state index in [-0.39, 0.29) is 12.6 Å². The van der Waals surface area contributed by atoms with Crippen LogP contribution in [0.5, 0.6) is 5.75 Å². The largest absolute Gasteiger partial charge is 0.489 e. The van der Waals surface area contributed by atoms with Crippen molar-refractivity contribution in [1.29, 1.82) is 0 Å². The molecule has 0 bridgehead atoms. The molecule has 4 heteroatoms. The zero-order chi connectivity index (χ0) is 13.2. The van der Waals surface area contributed by atoms with Crippen LogP contribution in [0.25, 0.3) is 0 Å². The van der Waals surface area contributed by atoms with Crippen molar-refractivity contribution in [2.45, 2.75) is 6.92 Å². The molecule has 0 aliphatic heterocycles. The molecule has 0 saturated heterocycles. The lowest BCUT2D eigenvalue weighted by Crippen LogP contribution is -2.10. The first-order valence-corrected chi connectivity index (χ1v) is 5.57. The molecule has 0 atom stereocenters. The summed E-state index contributed by atoms with van der Waals surface area (Å²) in [5, 5.41) is 0. The predicted molar refractivity (Wildman–Crippen MR) is 67.3 cm³/mol. The van der Waals surface area contributed by atoms with Crippen molar-refractivity contribution in [1.82, 2.24) is 0 Å². The Morgan fingerprint density at radius 3 is 2.78 bits per heavy atom. The fourth-order valence-corrected chi connectivity index (χ4v) is 1.24. The van der Waals surface area contributed by atoms with Crippen LogP contribution in [0, 0.1) is 11.8 Å². The lowest BCUT2D eigenvalue weighted by atomic mass is 10.2. The highest BCUT2D eigenvalue weighted by atomic mass is 16.6. The molecule has 0 spiro atoms. The van der Waals surface area contributed by atoms with E-state index in [1.807, 2.05) is 24.3 Å². The van der Waals surface area contributed by atoms with Gasteiger partial charge in [0.2, 0.25) is 0 Å². The van der Waals surface area contributed by atoms with Crippen molar-refractivity contribution in [3.8, 4) is 17.6 Å². The SMILES string of the molecule is COCC#Cc1ccccc1OCCOC(C)=O. The number of benzene rings is 1. The van der Waals surface area contributed by atoms with Crippen LogP contribution in [0.4, 0.5) is 0 Å². The number of para-hydroxylation sites is 1. The molecule has 1 aromatic carbocycles. The third-order valence-electron chi connectivity index (χ3n) is 1.97. The van der Waals surface area contributed by atoms with E-state index in [0.29, 0.717) is 19.0 Å². The Hall–Kier alpha value is -1.99. The zero-order valence-corrected chi connectivity index (χ0v) is 10.6. The highest BCUT2D eigenvalue weighted by molar-refractivity contribution is 5.65. The van der Waals surface area contributed by atoms with E-state index in [1.54, 1.807) is 7.11 Å². The first-order valence-electron chi connectivity index (χ1n) is 5.57. The number of ether oxygens (including phenoxy) is 3. The van der Waals surface area contributed by atoms with Crippen LogP contribution in [0.15, 0.2) is 24.3 Å². The molecule has 96 valence electrons. The van der Waals surface area contributed by atoms with Crippen molar-refractivity contribution in [2.24, 2.45) is 0 Å². The quantitative estimate of drug-likeness (QED) is 0.451. The van der Waals surface area contributed by atoms with Gasteiger partial charge in [-0.15, -0.1) is 0 Å². The van der Waals surface area contributed by atoms with Crippen LogP contribution < -0.4 is 4.74 Å². The lowest BCUT2D eigenvalue weighted by Gasteiger charge is -2.07. The first-order chi connectivity index (χ1) is 8.74. The monoisotopic (exact) mass is 248 g/mol. The van der Waals surface area contributed by atoms with Gasteiger partial charge in [-0.25, -0.2) is 0 Å². The molecule has 0 N–H and O–H groups in total. The summed E-state index contributed by atoms with van der Waals surface area (Å²) >= 11 is 0. The molecule has 1 aromatic rings. The van der Waals surface area contributed by atoms with Gasteiger partial charge in [0.1, 0.15) is 25.6 Å². The third kappa shape index (κ3) is 5.37. The van der Waals surface area contributed by atoms with E-state index in [4.69, 9.17) is 14.2 Å². The zero-order valence-electron chi connectivity index (χ0n) is 10.6. The van der Waals surface area contributed by atoms with Crippen molar-refractivity contribution in [3.05, 3.63) is 29.8 Å². The fourth-order valence-electron chi connectivity index (χ4n) is 1.24. The Balaban J connectivity index is 2.54. The standard InChI is InChI=1S/C14H16O4/c1-12(15)17-10-11-18-14-8-4-3-6-13(14)7-5-9-16-2/h3-4,6,8H,9-11H2,1-2H3. The number of rotatable bonds is 5. The second-order valence-electron chi connectivity index (χ2n) is 3.42. The van der Waals surface area contributed by atoms with Crippen LogP contribution in [-0.4, -0.2) is 32.9 Å². The number of methoxy groups -OCH3 is 1. The molecule has 0 heterocycles. The Morgan fingerprint density at radius 2 is 2.06 bits per heavy atom. The minimum atomic E-state index is -0.313. The van der Waals surface area contributed by atoms with Crippen LogP contribution >= 0.6 is 0 Å². The average molecular weight is 248 g/mol. The molecule has 0 aliphatic carbocycles. The van der Waals surface area contributed by atoms with E-state index in [2.05, 4.69) is 11.8 Å². The Kier molecular flexibility index (Phi) is 6.37. The summed E-state index contributed by atoms with van der Waals surface area (Å²) in [6, 6.07) is 7.44. The number of esters is 1. The molecule has 1 rings (SSSR count). The highest BCUT2D eigenvalue weighted by Gasteiger charge is 2.00. The minimum Gasteiger partial charge on any atom is -0.489 e. The number of hydrogen-bond acceptors (Lipinski definition) is 4. The second-order valence-corrected chi connectivity index (χ2v) is 3.42. The van der Waals surface area contributed by atoms with Gasteiger partial charge in [-0.05, 0) is 12.1 Å². The van der Waals surface area contributed by atoms with Crippen LogP contribution in [0.1, 0.15) is 12.5 Å². The average Bonchev–Trinajstić information content (AvgIpc) is 2.36. The molecule has 0 aromatic heterocycles. The van der Waals surface area contributed by atoms with Gasteiger partial charge in [0.15, 0.2) is 0 Å². The van der Waals surface area contributed by atoms with Crippen molar-refractivity contribution in [3.63, 3.8) is 0 Å². The van der Waals surface area contributed by atoms with Gasteiger partial charge >= 0.3 is 5.97 Å². The second kappa shape index (κ2) is 8.15. The molecule has 0 saturated carbocycles. The molecule has 0 aliphatic rings. The molecule has 0 amide bonds. The fraction of sp³-hybridized carbons (Fsp3) is 0.357. The summed E-state index contributed by atoms with van der Waals surface area (Å²) in [5.41, 5.74) is 0.789. The lowest BCUT2D eigenvalue weighted by molar-refractivity contribution is -0.141. The summed E-state index contributed by atoms with van der Waals surface area (Å²) in [6.07, 6.45) is 0. The summed E-state index contributed by atoms with van der Waals surface area (Å²) in [6.45, 7) is 2.28. The van der Waals surface area contributed by atoms with Crippen LogP contribution in [0.3, 0.4) is 0 Å². The Morgan fingerprint density at radius 1 is 1.28 bits per heavy atom. The van der Waals surface area contributed by atoms with E-state index in [0.717, 1.165) is 5.56 Å². The van der Waals surface area contributed by atoms with Gasteiger partial charge < -0.3 is 14.2 Å². The smallest absolute Gasteiger partial charge is 0.302 e. The third-order valence-corrected chi connectivity index (χ3v) is 1.97. The molecular weight excluding hydrogens is 232 g/mol. The van der Waals surface area contributed by atoms with E-state index in [1.165, 1.54) is 6.92 Å². The maximum Gasteiger partial charge on any atom is 0.302 e. The molecule has 0 unspecified atom stereocenters. The Bertz CT molecular complexity index is 443. The van der Waals surface area contributed by atoms with Crippen molar-refractivity contribution in [2.75, 3.05) is 26.9 Å². The van der Waals surface area contributed by atoms with Gasteiger partial charge in [0, 0.05) is 14.0 Å². The topological polar surface area (TPSA) is 44.8 Å². The summed E-state index contributed by atoms with van der Waals surface area (Å²) in [4.78, 5) is 10.6. The van der Waals surface area contributed by atoms with Gasteiger partial charge in [-0.2, -0.15) is 0 Å². The van der Waals surface area contributed by atoms with E-state index >= 15 is 0 Å². The normalized spacial score (nSPS) is 9.22. The Labute approximate surface area is 107 Å². The molecule has 0 fully saturated rings. The molecule has 18 heavy (non-hydrogen) atoms. The van der Waals surface area contributed by atoms with Gasteiger partial charge in [0.05, 0.1) is 5.56 Å². The summed E-state index contributed by atoms with van der Waals surface area (Å²) in [7, 11) is 1.59. The maximum absolute atomic E-state index is 10.6. The minimum absolute atomic E-state index is 0.231. The molecular formula is C14H16O4. The summed E-state index contributed by atoms with van der Waals surface area (Å²) in [5.74, 6) is 6.18. The first kappa shape index (κ1) is 14.1. The number of carbonyl (C=O) groups is 1. The summed E-state index contributed by atoms with van der Waals surface area (Å²) < 4.78 is 15.1. The number of carbonyl (C=O) groups excluding carboxylic acids is 1. The highest BCUT2D eigenvalue weighted by Crippen LogP contribution is 2.16. The number of hydrogen-bond donors (Lipinski definition) is 0. The molecule has 0 radical (unpaired) electrons. The van der Waals surface area contributed by atoms with Crippen LogP contribution in [0.2, 0.25) is 0 Å². The van der Waals surface area contributed by atoms with Crippen LogP contribution in [-0.2, 0) is 14.3 Å². The van der Waals surface area contributed by atoms with E-state index in [9.17, 15) is 4.79 Å². The maximum atomic E-state index is 10.6. The van der Waals surface area contributed by atoms with Gasteiger partial charge in [0.25, 0.3) is 0 Å². The van der Waals surface area contributed by atoms with Gasteiger partial charge in [-0.3, -0.25) is 4.79 Å². The van der Waals surface area contributed by atoms with Gasteiger partial charge in [-0.1, -0.05) is 24.0 Å². The van der Waals surface area contributed by atoms with Crippen molar-refractivity contribution < 1.29 is 19.0 Å². The predicted octanol–water partition coefficient (Wildman–Crippen LogP) is 1.63. The molecule has 4 nitrogen and oxygen atoms in total.